The highest BCUT2D eigenvalue weighted by Crippen LogP contribution is 2.33. The molecule has 0 fully saturated rings. The minimum absolute atomic E-state index is 0.0372. The van der Waals surface area contributed by atoms with Gasteiger partial charge in [-0.3, -0.25) is 4.79 Å². The Balaban J connectivity index is 1.40. The molecule has 0 aromatic heterocycles. The summed E-state index contributed by atoms with van der Waals surface area (Å²) in [5.74, 6) is 0.528. The van der Waals surface area contributed by atoms with Crippen molar-refractivity contribution in [2.45, 2.75) is 32.4 Å². The second-order valence-electron chi connectivity index (χ2n) is 6.92. The van der Waals surface area contributed by atoms with Gasteiger partial charge in [0.25, 0.3) is 5.91 Å². The lowest BCUT2D eigenvalue weighted by Crippen LogP contribution is -2.43. The molecule has 144 valence electrons. The van der Waals surface area contributed by atoms with Crippen LogP contribution in [0.2, 0.25) is 0 Å². The van der Waals surface area contributed by atoms with Crippen LogP contribution < -0.4 is 14.4 Å². The molecule has 0 saturated heterocycles. The molecule has 0 radical (unpaired) electrons. The highest BCUT2D eigenvalue weighted by molar-refractivity contribution is 6.00. The molecular formula is C22H21NO5. The van der Waals surface area contributed by atoms with Crippen LogP contribution in [0.5, 0.6) is 11.5 Å². The number of amides is 1. The van der Waals surface area contributed by atoms with Crippen LogP contribution in [0, 0.1) is 0 Å². The smallest absolute Gasteiger partial charge is 0.331 e. The summed E-state index contributed by atoms with van der Waals surface area (Å²) in [6.45, 7) is 3.79. The first kappa shape index (κ1) is 18.1. The van der Waals surface area contributed by atoms with E-state index in [2.05, 4.69) is 0 Å². The summed E-state index contributed by atoms with van der Waals surface area (Å²) in [5.41, 5.74) is 2.80. The number of hydrogen-bond donors (Lipinski definition) is 0. The van der Waals surface area contributed by atoms with Crippen molar-refractivity contribution >= 4 is 23.6 Å². The van der Waals surface area contributed by atoms with Gasteiger partial charge in [0, 0.05) is 17.8 Å². The average molecular weight is 379 g/mol. The Hall–Kier alpha value is -3.28. The number of fused-ring (bicyclic) bond motifs is 2. The Kier molecular flexibility index (Phi) is 4.77. The van der Waals surface area contributed by atoms with E-state index in [1.165, 1.54) is 6.08 Å². The number of nitrogens with zero attached hydrogens (tertiary/aromatic N) is 1. The van der Waals surface area contributed by atoms with Gasteiger partial charge in [-0.05, 0) is 55.7 Å². The maximum atomic E-state index is 12.9. The number of carbonyl (C=O) groups is 2. The van der Waals surface area contributed by atoms with Crippen molar-refractivity contribution < 1.29 is 23.8 Å². The Morgan fingerprint density at radius 3 is 2.82 bits per heavy atom. The quantitative estimate of drug-likeness (QED) is 0.602. The largest absolute Gasteiger partial charge is 0.454 e. The van der Waals surface area contributed by atoms with Gasteiger partial charge in [0.2, 0.25) is 6.79 Å². The average Bonchev–Trinajstić information content (AvgIpc) is 3.28. The highest BCUT2D eigenvalue weighted by atomic mass is 16.7. The first-order valence-corrected chi connectivity index (χ1v) is 9.22. The SMILES string of the molecule is C[C@@H](OC(=O)/C=C/c1ccc2c(c1)OCO2)C(=O)N1c2ccccc2C[C@@H]1C. The lowest BCUT2D eigenvalue weighted by molar-refractivity contribution is -0.149. The summed E-state index contributed by atoms with van der Waals surface area (Å²) >= 11 is 0. The van der Waals surface area contributed by atoms with Gasteiger partial charge >= 0.3 is 5.97 Å². The van der Waals surface area contributed by atoms with Crippen LogP contribution in [0.1, 0.15) is 25.0 Å². The molecule has 0 N–H and O–H groups in total. The van der Waals surface area contributed by atoms with Crippen molar-refractivity contribution in [1.29, 1.82) is 0 Å². The van der Waals surface area contributed by atoms with Gasteiger partial charge in [0.15, 0.2) is 17.6 Å². The van der Waals surface area contributed by atoms with Crippen LogP contribution in [0.25, 0.3) is 6.08 Å². The number of anilines is 1. The molecule has 2 atom stereocenters. The Bertz CT molecular complexity index is 952. The van der Waals surface area contributed by atoms with Crippen molar-refractivity contribution in [3.63, 3.8) is 0 Å². The van der Waals surface area contributed by atoms with Gasteiger partial charge in [-0.15, -0.1) is 0 Å². The lowest BCUT2D eigenvalue weighted by Gasteiger charge is -2.25. The van der Waals surface area contributed by atoms with E-state index in [9.17, 15) is 9.59 Å². The predicted molar refractivity (Wildman–Crippen MR) is 104 cm³/mol. The van der Waals surface area contributed by atoms with Crippen molar-refractivity contribution in [2.75, 3.05) is 11.7 Å². The maximum absolute atomic E-state index is 12.9. The number of rotatable bonds is 4. The Morgan fingerprint density at radius 1 is 1.18 bits per heavy atom. The molecular weight excluding hydrogens is 358 g/mol. The summed E-state index contributed by atoms with van der Waals surface area (Å²) in [4.78, 5) is 26.7. The molecule has 2 aliphatic heterocycles. The molecule has 0 unspecified atom stereocenters. The zero-order valence-electron chi connectivity index (χ0n) is 15.8. The van der Waals surface area contributed by atoms with Crippen molar-refractivity contribution in [3.05, 3.63) is 59.7 Å². The molecule has 6 heteroatoms. The minimum atomic E-state index is -0.873. The van der Waals surface area contributed by atoms with E-state index in [1.807, 2.05) is 37.3 Å². The van der Waals surface area contributed by atoms with Crippen LogP contribution in [0.15, 0.2) is 48.5 Å². The van der Waals surface area contributed by atoms with E-state index in [0.717, 1.165) is 23.2 Å². The number of carbonyl (C=O) groups excluding carboxylic acids is 2. The minimum Gasteiger partial charge on any atom is -0.454 e. The van der Waals surface area contributed by atoms with Crippen LogP contribution in [0.3, 0.4) is 0 Å². The maximum Gasteiger partial charge on any atom is 0.331 e. The van der Waals surface area contributed by atoms with Gasteiger partial charge in [0.05, 0.1) is 0 Å². The number of benzene rings is 2. The number of ether oxygens (including phenoxy) is 3. The van der Waals surface area contributed by atoms with E-state index in [0.29, 0.717) is 11.5 Å². The molecule has 2 aliphatic rings. The first-order chi connectivity index (χ1) is 13.5. The standard InChI is InChI=1S/C22H21NO5/c1-14-11-17-5-3-4-6-18(17)23(14)22(25)15(2)28-21(24)10-8-16-7-9-19-20(12-16)27-13-26-19/h3-10,12,14-15H,11,13H2,1-2H3/b10-8+/t14-,15+/m0/s1. The Morgan fingerprint density at radius 2 is 1.96 bits per heavy atom. The predicted octanol–water partition coefficient (Wildman–Crippen LogP) is 3.34. The van der Waals surface area contributed by atoms with E-state index < -0.39 is 12.1 Å². The van der Waals surface area contributed by atoms with Crippen molar-refractivity contribution in [1.82, 2.24) is 0 Å². The van der Waals surface area contributed by atoms with Gasteiger partial charge in [0.1, 0.15) is 0 Å². The summed E-state index contributed by atoms with van der Waals surface area (Å²) in [6.07, 6.45) is 2.85. The molecule has 0 aliphatic carbocycles. The molecule has 1 amide bonds. The van der Waals surface area contributed by atoms with Crippen LogP contribution >= 0.6 is 0 Å². The molecule has 0 bridgehead atoms. The molecule has 6 nitrogen and oxygen atoms in total. The second-order valence-corrected chi connectivity index (χ2v) is 6.92. The van der Waals surface area contributed by atoms with E-state index >= 15 is 0 Å². The molecule has 2 heterocycles. The van der Waals surface area contributed by atoms with Crippen molar-refractivity contribution in [3.8, 4) is 11.5 Å². The number of esters is 1. The van der Waals surface area contributed by atoms with Gasteiger partial charge in [-0.2, -0.15) is 0 Å². The van der Waals surface area contributed by atoms with E-state index in [1.54, 1.807) is 30.0 Å². The molecule has 4 rings (SSSR count). The number of hydrogen-bond acceptors (Lipinski definition) is 5. The second kappa shape index (κ2) is 7.38. The fraction of sp³-hybridized carbons (Fsp3) is 0.273. The topological polar surface area (TPSA) is 65.1 Å². The van der Waals surface area contributed by atoms with Crippen LogP contribution in [-0.4, -0.2) is 30.8 Å². The zero-order chi connectivity index (χ0) is 19.7. The normalized spacial score (nSPS) is 18.2. The summed E-state index contributed by atoms with van der Waals surface area (Å²) in [6, 6.07) is 13.2. The number of para-hydroxylation sites is 1. The third-order valence-corrected chi connectivity index (χ3v) is 4.89. The fourth-order valence-corrected chi connectivity index (χ4v) is 3.54. The van der Waals surface area contributed by atoms with Crippen LogP contribution in [-0.2, 0) is 20.7 Å². The monoisotopic (exact) mass is 379 g/mol. The highest BCUT2D eigenvalue weighted by Gasteiger charge is 2.34. The fourth-order valence-electron chi connectivity index (χ4n) is 3.54. The third kappa shape index (κ3) is 3.45. The third-order valence-electron chi connectivity index (χ3n) is 4.89. The zero-order valence-corrected chi connectivity index (χ0v) is 15.8. The first-order valence-electron chi connectivity index (χ1n) is 9.22. The van der Waals surface area contributed by atoms with E-state index in [4.69, 9.17) is 14.2 Å². The molecule has 2 aromatic rings. The Labute approximate surface area is 163 Å². The lowest BCUT2D eigenvalue weighted by atomic mass is 10.1. The molecule has 28 heavy (non-hydrogen) atoms. The van der Waals surface area contributed by atoms with Gasteiger partial charge < -0.3 is 19.1 Å². The molecule has 0 saturated carbocycles. The molecule has 2 aromatic carbocycles. The van der Waals surface area contributed by atoms with Crippen LogP contribution in [0.4, 0.5) is 5.69 Å². The molecule has 0 spiro atoms. The summed E-state index contributed by atoms with van der Waals surface area (Å²) < 4.78 is 15.9. The van der Waals surface area contributed by atoms with Gasteiger partial charge in [-0.1, -0.05) is 24.3 Å². The summed E-state index contributed by atoms with van der Waals surface area (Å²) in [5, 5.41) is 0. The van der Waals surface area contributed by atoms with E-state index in [-0.39, 0.29) is 18.7 Å². The van der Waals surface area contributed by atoms with Gasteiger partial charge in [-0.25, -0.2) is 4.79 Å². The van der Waals surface area contributed by atoms with Crippen molar-refractivity contribution in [2.24, 2.45) is 0 Å². The summed E-state index contributed by atoms with van der Waals surface area (Å²) in [7, 11) is 0.